The van der Waals surface area contributed by atoms with E-state index in [2.05, 4.69) is 17.0 Å². The Balaban J connectivity index is 1.49. The number of para-hydroxylation sites is 1. The fourth-order valence-corrected chi connectivity index (χ4v) is 3.51. The van der Waals surface area contributed by atoms with Crippen molar-refractivity contribution in [3.05, 3.63) is 64.7 Å². The highest BCUT2D eigenvalue weighted by atomic mass is 35.5. The van der Waals surface area contributed by atoms with Crippen LogP contribution >= 0.6 is 11.6 Å². The van der Waals surface area contributed by atoms with Gasteiger partial charge in [-0.05, 0) is 42.2 Å². The van der Waals surface area contributed by atoms with E-state index in [1.54, 1.807) is 0 Å². The number of nitrogen functional groups attached to an aromatic ring is 1. The van der Waals surface area contributed by atoms with Crippen molar-refractivity contribution in [3.8, 4) is 0 Å². The molecular weight excluding hydrogens is 346 g/mol. The zero-order valence-electron chi connectivity index (χ0n) is 15.0. The maximum Gasteiger partial charge on any atom is 0.222 e. The molecule has 5 heteroatoms. The molecule has 2 aromatic carbocycles. The highest BCUT2D eigenvalue weighted by Gasteiger charge is 2.19. The Bertz CT molecular complexity index is 732. The lowest BCUT2D eigenvalue weighted by Gasteiger charge is -2.22. The minimum Gasteiger partial charge on any atom is -0.399 e. The molecule has 0 aliphatic carbocycles. The fourth-order valence-electron chi connectivity index (χ4n) is 3.39. The van der Waals surface area contributed by atoms with Crippen LogP contribution in [0.15, 0.2) is 48.5 Å². The van der Waals surface area contributed by atoms with Gasteiger partial charge in [0.1, 0.15) is 0 Å². The summed E-state index contributed by atoms with van der Waals surface area (Å²) in [7, 11) is 0. The van der Waals surface area contributed by atoms with Crippen LogP contribution in [-0.4, -0.2) is 41.9 Å². The van der Waals surface area contributed by atoms with Crippen molar-refractivity contribution in [2.45, 2.75) is 25.8 Å². The second-order valence-electron chi connectivity index (χ2n) is 6.84. The van der Waals surface area contributed by atoms with Crippen molar-refractivity contribution in [2.75, 3.05) is 31.9 Å². The Kier molecular flexibility index (Phi) is 6.53. The predicted octanol–water partition coefficient (Wildman–Crippen LogP) is 3.59. The highest BCUT2D eigenvalue weighted by Crippen LogP contribution is 2.16. The van der Waals surface area contributed by atoms with Gasteiger partial charge in [-0.25, -0.2) is 0 Å². The van der Waals surface area contributed by atoms with E-state index in [0.29, 0.717) is 12.8 Å². The molecule has 138 valence electrons. The normalized spacial score (nSPS) is 15.7. The van der Waals surface area contributed by atoms with E-state index in [0.717, 1.165) is 55.4 Å². The number of benzene rings is 2. The lowest BCUT2D eigenvalue weighted by molar-refractivity contribution is -0.131. The monoisotopic (exact) mass is 371 g/mol. The summed E-state index contributed by atoms with van der Waals surface area (Å²) < 4.78 is 0. The van der Waals surface area contributed by atoms with Crippen LogP contribution in [-0.2, 0) is 17.8 Å². The zero-order valence-corrected chi connectivity index (χ0v) is 15.8. The highest BCUT2D eigenvalue weighted by molar-refractivity contribution is 6.30. The second-order valence-corrected chi connectivity index (χ2v) is 7.27. The average Bonchev–Trinajstić information content (AvgIpc) is 2.88. The van der Waals surface area contributed by atoms with Gasteiger partial charge in [0, 0.05) is 49.9 Å². The number of rotatable bonds is 5. The molecule has 0 spiro atoms. The molecule has 1 aliphatic heterocycles. The van der Waals surface area contributed by atoms with E-state index in [1.807, 2.05) is 41.3 Å². The molecule has 2 aromatic rings. The quantitative estimate of drug-likeness (QED) is 0.817. The molecule has 1 fully saturated rings. The summed E-state index contributed by atoms with van der Waals surface area (Å²) in [6, 6.07) is 15.8. The SMILES string of the molecule is Nc1ccccc1CCC(=O)N1CCCN(Cc2ccc(Cl)cc2)CC1. The van der Waals surface area contributed by atoms with Crippen LogP contribution in [0.1, 0.15) is 24.0 Å². The Labute approximate surface area is 160 Å². The van der Waals surface area contributed by atoms with Gasteiger partial charge in [0.05, 0.1) is 0 Å². The summed E-state index contributed by atoms with van der Waals surface area (Å²) in [5.74, 6) is 0.224. The van der Waals surface area contributed by atoms with Crippen LogP contribution in [0.2, 0.25) is 5.02 Å². The number of aryl methyl sites for hydroxylation is 1. The minimum atomic E-state index is 0.224. The van der Waals surface area contributed by atoms with E-state index in [-0.39, 0.29) is 5.91 Å². The Morgan fingerprint density at radius 1 is 1.00 bits per heavy atom. The summed E-state index contributed by atoms with van der Waals surface area (Å²) in [6.07, 6.45) is 2.23. The maximum absolute atomic E-state index is 12.6. The van der Waals surface area contributed by atoms with Gasteiger partial charge < -0.3 is 10.6 Å². The standard InChI is InChI=1S/C21H26ClN3O/c22-19-9-6-17(7-10-19)16-24-12-3-13-25(15-14-24)21(26)11-8-18-4-1-2-5-20(18)23/h1-2,4-7,9-10H,3,8,11-16,23H2. The molecule has 0 radical (unpaired) electrons. The number of carbonyl (C=O) groups is 1. The van der Waals surface area contributed by atoms with E-state index >= 15 is 0 Å². The smallest absolute Gasteiger partial charge is 0.222 e. The van der Waals surface area contributed by atoms with Gasteiger partial charge in [-0.2, -0.15) is 0 Å². The Hall–Kier alpha value is -2.04. The van der Waals surface area contributed by atoms with Crippen molar-refractivity contribution in [1.82, 2.24) is 9.80 Å². The second kappa shape index (κ2) is 9.06. The van der Waals surface area contributed by atoms with Gasteiger partial charge in [0.15, 0.2) is 0 Å². The molecule has 0 unspecified atom stereocenters. The molecule has 4 nitrogen and oxygen atoms in total. The first-order valence-electron chi connectivity index (χ1n) is 9.20. The number of nitrogens with two attached hydrogens (primary N) is 1. The molecule has 2 N–H and O–H groups in total. The molecule has 0 bridgehead atoms. The third-order valence-corrected chi connectivity index (χ3v) is 5.18. The lowest BCUT2D eigenvalue weighted by atomic mass is 10.1. The summed E-state index contributed by atoms with van der Waals surface area (Å²) in [5, 5.41) is 0.764. The first-order valence-corrected chi connectivity index (χ1v) is 9.57. The summed E-state index contributed by atoms with van der Waals surface area (Å²) in [4.78, 5) is 17.0. The average molecular weight is 372 g/mol. The van der Waals surface area contributed by atoms with Crippen LogP contribution < -0.4 is 5.73 Å². The Morgan fingerprint density at radius 3 is 2.54 bits per heavy atom. The van der Waals surface area contributed by atoms with Crippen LogP contribution in [0.25, 0.3) is 0 Å². The molecular formula is C21H26ClN3O. The van der Waals surface area contributed by atoms with E-state index in [1.165, 1.54) is 5.56 Å². The van der Waals surface area contributed by atoms with Crippen molar-refractivity contribution in [2.24, 2.45) is 0 Å². The molecule has 3 rings (SSSR count). The van der Waals surface area contributed by atoms with Crippen LogP contribution in [0, 0.1) is 0 Å². The fraction of sp³-hybridized carbons (Fsp3) is 0.381. The molecule has 26 heavy (non-hydrogen) atoms. The minimum absolute atomic E-state index is 0.224. The number of nitrogens with zero attached hydrogens (tertiary/aromatic N) is 2. The number of carbonyl (C=O) groups excluding carboxylic acids is 1. The van der Waals surface area contributed by atoms with E-state index < -0.39 is 0 Å². The van der Waals surface area contributed by atoms with E-state index in [4.69, 9.17) is 17.3 Å². The topological polar surface area (TPSA) is 49.6 Å². The molecule has 1 heterocycles. The summed E-state index contributed by atoms with van der Waals surface area (Å²) in [6.45, 7) is 4.44. The van der Waals surface area contributed by atoms with Gasteiger partial charge >= 0.3 is 0 Å². The van der Waals surface area contributed by atoms with Crippen molar-refractivity contribution >= 4 is 23.2 Å². The zero-order chi connectivity index (χ0) is 18.4. The first kappa shape index (κ1) is 18.7. The number of hydrogen-bond donors (Lipinski definition) is 1. The molecule has 0 aromatic heterocycles. The third kappa shape index (κ3) is 5.23. The van der Waals surface area contributed by atoms with E-state index in [9.17, 15) is 4.79 Å². The third-order valence-electron chi connectivity index (χ3n) is 4.92. The van der Waals surface area contributed by atoms with Gasteiger partial charge in [-0.1, -0.05) is 41.9 Å². The molecule has 1 aliphatic rings. The number of amides is 1. The van der Waals surface area contributed by atoms with Crippen LogP contribution in [0.5, 0.6) is 0 Å². The number of anilines is 1. The summed E-state index contributed by atoms with van der Waals surface area (Å²) in [5.41, 5.74) is 9.05. The van der Waals surface area contributed by atoms with Crippen molar-refractivity contribution in [3.63, 3.8) is 0 Å². The predicted molar refractivity (Wildman–Crippen MR) is 107 cm³/mol. The molecule has 0 saturated carbocycles. The number of hydrogen-bond acceptors (Lipinski definition) is 3. The van der Waals surface area contributed by atoms with Crippen LogP contribution in [0.3, 0.4) is 0 Å². The molecule has 1 amide bonds. The van der Waals surface area contributed by atoms with Gasteiger partial charge in [0.2, 0.25) is 5.91 Å². The lowest BCUT2D eigenvalue weighted by Crippen LogP contribution is -2.35. The Morgan fingerprint density at radius 2 is 1.77 bits per heavy atom. The van der Waals surface area contributed by atoms with Gasteiger partial charge in [0.25, 0.3) is 0 Å². The van der Waals surface area contributed by atoms with Crippen molar-refractivity contribution in [1.29, 1.82) is 0 Å². The largest absolute Gasteiger partial charge is 0.399 e. The van der Waals surface area contributed by atoms with Gasteiger partial charge in [-0.3, -0.25) is 9.69 Å². The van der Waals surface area contributed by atoms with Crippen LogP contribution in [0.4, 0.5) is 5.69 Å². The first-order chi connectivity index (χ1) is 12.6. The number of halogens is 1. The molecule has 1 saturated heterocycles. The van der Waals surface area contributed by atoms with Crippen molar-refractivity contribution < 1.29 is 4.79 Å². The van der Waals surface area contributed by atoms with Gasteiger partial charge in [-0.15, -0.1) is 0 Å². The molecule has 0 atom stereocenters. The summed E-state index contributed by atoms with van der Waals surface area (Å²) >= 11 is 5.95. The maximum atomic E-state index is 12.6.